The van der Waals surface area contributed by atoms with Gasteiger partial charge in [-0.2, -0.15) is 0 Å². The number of allylic oxidation sites excluding steroid dienone is 20. The van der Waals surface area contributed by atoms with Crippen LogP contribution < -0.4 is 0 Å². The summed E-state index contributed by atoms with van der Waals surface area (Å²) in [5.41, 5.74) is 0. The second kappa shape index (κ2) is 69.6. The summed E-state index contributed by atoms with van der Waals surface area (Å²) in [6.07, 6.45) is 102. The molecule has 0 fully saturated rings. The molecule has 1 unspecified atom stereocenters. The molecule has 5 heteroatoms. The topological polar surface area (TPSA) is 72.8 Å². The largest absolute Gasteiger partial charge is 0.462 e. The monoisotopic (exact) mass is 1110 g/mol. The number of carbonyl (C=O) groups excluding carboxylic acids is 2. The van der Waals surface area contributed by atoms with Gasteiger partial charge in [0.2, 0.25) is 0 Å². The van der Waals surface area contributed by atoms with E-state index in [1.54, 1.807) is 0 Å². The molecular formula is C75H128O5. The van der Waals surface area contributed by atoms with Crippen LogP contribution in [0, 0.1) is 0 Å². The van der Waals surface area contributed by atoms with Crippen molar-refractivity contribution in [3.8, 4) is 0 Å². The minimum atomic E-state index is -0.782. The van der Waals surface area contributed by atoms with Crippen LogP contribution in [0.1, 0.15) is 322 Å². The summed E-state index contributed by atoms with van der Waals surface area (Å²) in [7, 11) is 0. The zero-order valence-corrected chi connectivity index (χ0v) is 52.6. The molecule has 0 aliphatic carbocycles. The second-order valence-electron chi connectivity index (χ2n) is 22.5. The lowest BCUT2D eigenvalue weighted by Gasteiger charge is -2.15. The molecule has 458 valence electrons. The predicted molar refractivity (Wildman–Crippen MR) is 352 cm³/mol. The summed E-state index contributed by atoms with van der Waals surface area (Å²) >= 11 is 0. The van der Waals surface area contributed by atoms with Gasteiger partial charge in [-0.25, -0.2) is 0 Å². The van der Waals surface area contributed by atoms with Crippen LogP contribution in [0.4, 0.5) is 0 Å². The molecule has 0 saturated heterocycles. The Morgan fingerprint density at radius 1 is 0.300 bits per heavy atom. The van der Waals surface area contributed by atoms with Crippen molar-refractivity contribution in [3.05, 3.63) is 122 Å². The lowest BCUT2D eigenvalue weighted by Crippen LogP contribution is -2.28. The number of esters is 2. The highest BCUT2D eigenvalue weighted by molar-refractivity contribution is 5.70. The number of hydrogen-bond acceptors (Lipinski definition) is 5. The van der Waals surface area contributed by atoms with E-state index in [4.69, 9.17) is 9.47 Å². The molecule has 5 nitrogen and oxygen atoms in total. The molecule has 0 aromatic carbocycles. The van der Waals surface area contributed by atoms with Crippen molar-refractivity contribution in [2.24, 2.45) is 0 Å². The second-order valence-corrected chi connectivity index (χ2v) is 22.5. The lowest BCUT2D eigenvalue weighted by atomic mass is 10.0. The molecule has 0 heterocycles. The summed E-state index contributed by atoms with van der Waals surface area (Å²) in [5.74, 6) is -0.589. The molecule has 0 spiro atoms. The highest BCUT2D eigenvalue weighted by atomic mass is 16.6. The number of carbonyl (C=O) groups is 2. The van der Waals surface area contributed by atoms with Gasteiger partial charge < -0.3 is 14.6 Å². The molecule has 0 aliphatic rings. The molecule has 0 aliphatic heterocycles. The van der Waals surface area contributed by atoms with Crippen molar-refractivity contribution in [3.63, 3.8) is 0 Å². The third-order valence-corrected chi connectivity index (χ3v) is 14.7. The van der Waals surface area contributed by atoms with Crippen molar-refractivity contribution in [1.82, 2.24) is 0 Å². The Bertz CT molecular complexity index is 1590. The van der Waals surface area contributed by atoms with Gasteiger partial charge in [-0.3, -0.25) is 9.59 Å². The van der Waals surface area contributed by atoms with E-state index in [9.17, 15) is 14.7 Å². The van der Waals surface area contributed by atoms with Crippen molar-refractivity contribution in [2.45, 2.75) is 328 Å². The molecule has 80 heavy (non-hydrogen) atoms. The lowest BCUT2D eigenvalue weighted by molar-refractivity contribution is -0.161. The standard InChI is InChI=1S/C75H128O5/c1-3-5-7-9-11-13-15-17-19-21-23-25-27-29-31-33-35-36-37-38-40-42-44-46-48-50-52-54-56-58-60-62-64-66-68-70-75(78)80-73(71-76)72-79-74(77)69-67-65-63-61-59-57-55-53-51-49-47-45-43-41-39-34-32-30-28-26-24-22-20-18-16-14-12-10-8-6-4-2/h5,7,11,13,16-19,22-25,29,31,35-36,38,40,44,46,73,76H,3-4,6,8-10,12,14-15,20-21,26-28,30,32-34,37,39,41-43,45,47-72H2,1-2H3/b7-5-,13-11-,18-16-,19-17-,24-22-,25-23-,31-29-,36-35-,40-38-,46-44-. The molecule has 0 radical (unpaired) electrons. The maximum absolute atomic E-state index is 12.4. The van der Waals surface area contributed by atoms with Crippen molar-refractivity contribution >= 4 is 11.9 Å². The zero-order valence-electron chi connectivity index (χ0n) is 52.6. The number of unbranched alkanes of at least 4 members (excludes halogenated alkanes) is 34. The highest BCUT2D eigenvalue weighted by Crippen LogP contribution is 2.17. The van der Waals surface area contributed by atoms with Crippen LogP contribution in [0.5, 0.6) is 0 Å². The van der Waals surface area contributed by atoms with Gasteiger partial charge in [-0.15, -0.1) is 0 Å². The van der Waals surface area contributed by atoms with E-state index in [1.807, 2.05) is 0 Å². The molecule has 1 N–H and O–H groups in total. The Balaban J connectivity index is 3.50. The molecule has 0 aromatic heterocycles. The molecule has 1 atom stereocenters. The average Bonchev–Trinajstić information content (AvgIpc) is 3.46. The first-order valence-corrected chi connectivity index (χ1v) is 34.1. The molecular weight excluding hydrogens is 981 g/mol. The molecule has 0 saturated carbocycles. The van der Waals surface area contributed by atoms with Gasteiger partial charge in [-0.05, 0) is 109 Å². The Hall–Kier alpha value is -3.70. The van der Waals surface area contributed by atoms with Crippen LogP contribution in [-0.4, -0.2) is 36.4 Å². The minimum Gasteiger partial charge on any atom is -0.462 e. The fraction of sp³-hybridized carbons (Fsp3) is 0.707. The van der Waals surface area contributed by atoms with Crippen LogP contribution in [0.3, 0.4) is 0 Å². The van der Waals surface area contributed by atoms with E-state index in [2.05, 4.69) is 135 Å². The number of hydrogen-bond donors (Lipinski definition) is 1. The Labute approximate surface area is 496 Å². The maximum Gasteiger partial charge on any atom is 0.306 e. The fourth-order valence-electron chi connectivity index (χ4n) is 9.66. The van der Waals surface area contributed by atoms with Gasteiger partial charge in [0.25, 0.3) is 0 Å². The van der Waals surface area contributed by atoms with E-state index in [0.29, 0.717) is 12.8 Å². The van der Waals surface area contributed by atoms with Gasteiger partial charge in [0.05, 0.1) is 6.61 Å². The summed E-state index contributed by atoms with van der Waals surface area (Å²) in [5, 5.41) is 9.70. The normalized spacial score (nSPS) is 13.0. The molecule has 0 rings (SSSR count). The van der Waals surface area contributed by atoms with Gasteiger partial charge in [0.1, 0.15) is 6.61 Å². The van der Waals surface area contributed by atoms with Crippen LogP contribution in [0.15, 0.2) is 122 Å². The van der Waals surface area contributed by atoms with Crippen LogP contribution in [0.25, 0.3) is 0 Å². The van der Waals surface area contributed by atoms with E-state index in [1.165, 1.54) is 199 Å². The van der Waals surface area contributed by atoms with Gasteiger partial charge in [0.15, 0.2) is 6.10 Å². The van der Waals surface area contributed by atoms with Gasteiger partial charge in [0, 0.05) is 12.8 Å². The number of aliphatic hydroxyl groups excluding tert-OH is 1. The third-order valence-electron chi connectivity index (χ3n) is 14.7. The first-order chi connectivity index (χ1) is 39.6. The smallest absolute Gasteiger partial charge is 0.306 e. The van der Waals surface area contributed by atoms with E-state index in [-0.39, 0.29) is 25.2 Å². The van der Waals surface area contributed by atoms with E-state index >= 15 is 0 Å². The van der Waals surface area contributed by atoms with Gasteiger partial charge >= 0.3 is 11.9 Å². The summed E-state index contributed by atoms with van der Waals surface area (Å²) in [6.45, 7) is 4.04. The maximum atomic E-state index is 12.4. The molecule has 0 bridgehead atoms. The van der Waals surface area contributed by atoms with Crippen molar-refractivity contribution in [2.75, 3.05) is 13.2 Å². The molecule has 0 amide bonds. The Morgan fingerprint density at radius 2 is 0.537 bits per heavy atom. The summed E-state index contributed by atoms with van der Waals surface area (Å²) in [6, 6.07) is 0. The Morgan fingerprint density at radius 3 is 0.812 bits per heavy atom. The SMILES string of the molecule is CC/C=C\C/C=C\C/C=C\C/C=C\C/C=C\C/C=C\C/C=C\C/C=C\CCCCCCCCCCCCC(=O)OC(CO)COC(=O)CCCCCCCCCCCCCCCCCCCCC/C=C\C/C=C\CCCCCCC. The predicted octanol–water partition coefficient (Wildman–Crippen LogP) is 23.8. The Kier molecular flexibility index (Phi) is 66.4. The van der Waals surface area contributed by atoms with E-state index < -0.39 is 6.10 Å². The number of ether oxygens (including phenoxy) is 2. The summed E-state index contributed by atoms with van der Waals surface area (Å²) < 4.78 is 10.8. The third kappa shape index (κ3) is 66.8. The average molecular weight is 1110 g/mol. The number of aliphatic hydroxyl groups is 1. The fourth-order valence-corrected chi connectivity index (χ4v) is 9.66. The van der Waals surface area contributed by atoms with E-state index in [0.717, 1.165) is 96.3 Å². The van der Waals surface area contributed by atoms with Crippen molar-refractivity contribution in [1.29, 1.82) is 0 Å². The summed E-state index contributed by atoms with van der Waals surface area (Å²) in [4.78, 5) is 24.6. The first kappa shape index (κ1) is 76.3. The highest BCUT2D eigenvalue weighted by Gasteiger charge is 2.16. The quantitative estimate of drug-likeness (QED) is 0.0373. The van der Waals surface area contributed by atoms with Gasteiger partial charge in [-0.1, -0.05) is 322 Å². The van der Waals surface area contributed by atoms with Crippen LogP contribution in [-0.2, 0) is 19.1 Å². The van der Waals surface area contributed by atoms with Crippen LogP contribution in [0.2, 0.25) is 0 Å². The van der Waals surface area contributed by atoms with Crippen LogP contribution >= 0.6 is 0 Å². The zero-order chi connectivity index (χ0) is 57.6. The minimum absolute atomic E-state index is 0.0704. The first-order valence-electron chi connectivity index (χ1n) is 34.1. The molecule has 0 aromatic rings. The number of rotatable bonds is 62. The van der Waals surface area contributed by atoms with Crippen molar-refractivity contribution < 1.29 is 24.2 Å².